The second kappa shape index (κ2) is 9.15. The van der Waals surface area contributed by atoms with Gasteiger partial charge in [-0.3, -0.25) is 4.79 Å². The molecular weight excluding hydrogens is 460 g/mol. The zero-order chi connectivity index (χ0) is 24.6. The first-order chi connectivity index (χ1) is 15.3. The maximum Gasteiger partial charge on any atom is 0.435 e. The number of amides is 1. The predicted molar refractivity (Wildman–Crippen MR) is 117 cm³/mol. The van der Waals surface area contributed by atoms with Gasteiger partial charge in [0, 0.05) is 16.1 Å². The van der Waals surface area contributed by atoms with E-state index in [9.17, 15) is 22.4 Å². The Morgan fingerprint density at radius 1 is 1.18 bits per heavy atom. The van der Waals surface area contributed by atoms with Crippen molar-refractivity contribution in [3.8, 4) is 5.69 Å². The van der Waals surface area contributed by atoms with Crippen LogP contribution >= 0.6 is 11.6 Å². The molecule has 1 aromatic heterocycles. The van der Waals surface area contributed by atoms with Crippen molar-refractivity contribution < 1.29 is 22.4 Å². The van der Waals surface area contributed by atoms with E-state index >= 15 is 0 Å². The maximum absolute atomic E-state index is 14.5. The number of hydrogen-bond acceptors (Lipinski definition) is 3. The van der Waals surface area contributed by atoms with Crippen LogP contribution in [0, 0.1) is 5.82 Å². The zero-order valence-corrected chi connectivity index (χ0v) is 18.9. The molecule has 0 aliphatic heterocycles. The van der Waals surface area contributed by atoms with Crippen molar-refractivity contribution in [3.63, 3.8) is 0 Å². The zero-order valence-electron chi connectivity index (χ0n) is 18.2. The van der Waals surface area contributed by atoms with Crippen LogP contribution in [0.15, 0.2) is 48.5 Å². The van der Waals surface area contributed by atoms with Crippen LogP contribution in [0.1, 0.15) is 49.2 Å². The SMILES string of the molecule is CC(C(=O)NCc1cc(C(F)(F)F)nn1-c1cccc(Cl)c1)c1ccc(C(C)(C)N)c(F)c1. The van der Waals surface area contributed by atoms with Gasteiger partial charge in [0.2, 0.25) is 5.91 Å². The summed E-state index contributed by atoms with van der Waals surface area (Å²) in [7, 11) is 0. The van der Waals surface area contributed by atoms with Crippen LogP contribution < -0.4 is 11.1 Å². The molecule has 33 heavy (non-hydrogen) atoms. The van der Waals surface area contributed by atoms with E-state index in [1.807, 2.05) is 0 Å². The van der Waals surface area contributed by atoms with Crippen LogP contribution in [-0.2, 0) is 23.1 Å². The smallest absolute Gasteiger partial charge is 0.350 e. The summed E-state index contributed by atoms with van der Waals surface area (Å²) in [6.07, 6.45) is -4.66. The molecule has 0 aliphatic carbocycles. The molecule has 10 heteroatoms. The fraction of sp³-hybridized carbons (Fsp3) is 0.304. The third kappa shape index (κ3) is 5.72. The first-order valence-electron chi connectivity index (χ1n) is 10.1. The van der Waals surface area contributed by atoms with Gasteiger partial charge in [-0.2, -0.15) is 18.3 Å². The van der Waals surface area contributed by atoms with Gasteiger partial charge in [0.1, 0.15) is 5.82 Å². The lowest BCUT2D eigenvalue weighted by atomic mass is 9.91. The fourth-order valence-corrected chi connectivity index (χ4v) is 3.51. The summed E-state index contributed by atoms with van der Waals surface area (Å²) >= 11 is 5.96. The van der Waals surface area contributed by atoms with E-state index in [-0.39, 0.29) is 12.2 Å². The number of nitrogens with zero attached hydrogens (tertiary/aromatic N) is 2. The van der Waals surface area contributed by atoms with Gasteiger partial charge in [-0.25, -0.2) is 9.07 Å². The number of hydrogen-bond donors (Lipinski definition) is 2. The topological polar surface area (TPSA) is 72.9 Å². The fourth-order valence-electron chi connectivity index (χ4n) is 3.32. The van der Waals surface area contributed by atoms with Crippen molar-refractivity contribution in [3.05, 3.63) is 81.9 Å². The van der Waals surface area contributed by atoms with Crippen molar-refractivity contribution >= 4 is 17.5 Å². The highest BCUT2D eigenvalue weighted by Crippen LogP contribution is 2.30. The number of aromatic nitrogens is 2. The van der Waals surface area contributed by atoms with Crippen molar-refractivity contribution in [1.82, 2.24) is 15.1 Å². The van der Waals surface area contributed by atoms with Crippen LogP contribution in [0.2, 0.25) is 5.02 Å². The molecule has 3 N–H and O–H groups in total. The predicted octanol–water partition coefficient (Wildman–Crippen LogP) is 5.30. The normalized spacial score (nSPS) is 13.1. The van der Waals surface area contributed by atoms with E-state index in [0.29, 0.717) is 21.8 Å². The molecule has 1 heterocycles. The largest absolute Gasteiger partial charge is 0.435 e. The molecule has 0 saturated carbocycles. The van der Waals surface area contributed by atoms with Gasteiger partial charge in [0.05, 0.1) is 23.8 Å². The van der Waals surface area contributed by atoms with Gasteiger partial charge in [-0.05, 0) is 56.7 Å². The monoisotopic (exact) mass is 482 g/mol. The minimum Gasteiger partial charge on any atom is -0.350 e. The number of benzene rings is 2. The standard InChI is InChI=1S/C23H23ClF4N4O/c1-13(14-7-8-18(19(25)9-14)22(2,3)29)21(33)30-12-17-11-20(23(26,27)28)31-32(17)16-6-4-5-15(24)10-16/h4-11,13H,12,29H2,1-3H3,(H,30,33). The third-order valence-electron chi connectivity index (χ3n) is 5.15. The number of rotatable bonds is 6. The highest BCUT2D eigenvalue weighted by molar-refractivity contribution is 6.30. The Labute approximate surface area is 193 Å². The van der Waals surface area contributed by atoms with Crippen LogP contribution in [0.3, 0.4) is 0 Å². The highest BCUT2D eigenvalue weighted by Gasteiger charge is 2.35. The van der Waals surface area contributed by atoms with Crippen molar-refractivity contribution in [1.29, 1.82) is 0 Å². The number of nitrogens with two attached hydrogens (primary N) is 1. The molecule has 176 valence electrons. The summed E-state index contributed by atoms with van der Waals surface area (Å²) in [5.74, 6) is -1.77. The minimum absolute atomic E-state index is 0.108. The summed E-state index contributed by atoms with van der Waals surface area (Å²) in [4.78, 5) is 12.7. The number of halogens is 5. The number of nitrogens with one attached hydrogen (secondary N) is 1. The van der Waals surface area contributed by atoms with Gasteiger partial charge in [-0.1, -0.05) is 29.8 Å². The average molecular weight is 483 g/mol. The van der Waals surface area contributed by atoms with Crippen molar-refractivity contribution in [2.45, 2.75) is 44.9 Å². The average Bonchev–Trinajstić information content (AvgIpc) is 3.15. The van der Waals surface area contributed by atoms with E-state index in [1.165, 1.54) is 18.2 Å². The first kappa shape index (κ1) is 24.7. The van der Waals surface area contributed by atoms with Crippen LogP contribution in [0.5, 0.6) is 0 Å². The molecule has 3 aromatic rings. The summed E-state index contributed by atoms with van der Waals surface area (Å²) < 4.78 is 55.3. The molecular formula is C23H23ClF4N4O. The lowest BCUT2D eigenvalue weighted by Crippen LogP contribution is -2.31. The molecule has 2 aromatic carbocycles. The van der Waals surface area contributed by atoms with E-state index < -0.39 is 35.1 Å². The van der Waals surface area contributed by atoms with Gasteiger partial charge >= 0.3 is 6.18 Å². The van der Waals surface area contributed by atoms with E-state index in [4.69, 9.17) is 17.3 Å². The van der Waals surface area contributed by atoms with E-state index in [0.717, 1.165) is 10.7 Å². The molecule has 0 radical (unpaired) electrons. The molecule has 1 unspecified atom stereocenters. The third-order valence-corrected chi connectivity index (χ3v) is 5.39. The lowest BCUT2D eigenvalue weighted by Gasteiger charge is -2.21. The second-order valence-corrected chi connectivity index (χ2v) is 8.75. The van der Waals surface area contributed by atoms with Gasteiger partial charge in [-0.15, -0.1) is 0 Å². The quantitative estimate of drug-likeness (QED) is 0.468. The molecule has 1 amide bonds. The molecule has 5 nitrogen and oxygen atoms in total. The Hall–Kier alpha value is -2.91. The summed E-state index contributed by atoms with van der Waals surface area (Å²) in [5.41, 5.74) is 5.11. The molecule has 1 atom stereocenters. The molecule has 0 aliphatic rings. The lowest BCUT2D eigenvalue weighted by molar-refractivity contribution is -0.141. The summed E-state index contributed by atoms with van der Waals surface area (Å²) in [5, 5.41) is 6.57. The highest BCUT2D eigenvalue weighted by atomic mass is 35.5. The van der Waals surface area contributed by atoms with Crippen LogP contribution in [0.25, 0.3) is 5.69 Å². The Kier molecular flexibility index (Phi) is 6.85. The number of alkyl halides is 3. The first-order valence-corrected chi connectivity index (χ1v) is 10.4. The molecule has 0 spiro atoms. The number of carbonyl (C=O) groups excluding carboxylic acids is 1. The minimum atomic E-state index is -4.66. The van der Waals surface area contributed by atoms with Gasteiger partial charge in [0.15, 0.2) is 5.69 Å². The van der Waals surface area contributed by atoms with Crippen LogP contribution in [0.4, 0.5) is 17.6 Å². The number of carbonyl (C=O) groups is 1. The Morgan fingerprint density at radius 2 is 1.88 bits per heavy atom. The van der Waals surface area contributed by atoms with Gasteiger partial charge < -0.3 is 11.1 Å². The molecule has 0 fully saturated rings. The summed E-state index contributed by atoms with van der Waals surface area (Å²) in [6.45, 7) is 4.68. The molecule has 3 rings (SSSR count). The van der Waals surface area contributed by atoms with E-state index in [1.54, 1.807) is 45.0 Å². The Morgan fingerprint density at radius 3 is 2.45 bits per heavy atom. The van der Waals surface area contributed by atoms with Crippen molar-refractivity contribution in [2.24, 2.45) is 5.73 Å². The Balaban J connectivity index is 1.82. The van der Waals surface area contributed by atoms with Crippen LogP contribution in [-0.4, -0.2) is 15.7 Å². The maximum atomic E-state index is 14.5. The molecule has 0 bridgehead atoms. The van der Waals surface area contributed by atoms with E-state index in [2.05, 4.69) is 10.4 Å². The second-order valence-electron chi connectivity index (χ2n) is 8.31. The Bertz CT molecular complexity index is 1170. The summed E-state index contributed by atoms with van der Waals surface area (Å²) in [6, 6.07) is 11.4. The van der Waals surface area contributed by atoms with Crippen molar-refractivity contribution in [2.75, 3.05) is 0 Å². The molecule has 0 saturated heterocycles. The van der Waals surface area contributed by atoms with Gasteiger partial charge in [0.25, 0.3) is 0 Å².